The molecule has 0 bridgehead atoms. The molecule has 1 aliphatic heterocycles. The Balaban J connectivity index is 1.54. The lowest BCUT2D eigenvalue weighted by atomic mass is 10.1. The van der Waals surface area contributed by atoms with Crippen LogP contribution in [0.15, 0.2) is 22.7 Å². The molecule has 2 aromatic rings. The Hall–Kier alpha value is -2.37. The van der Waals surface area contributed by atoms with E-state index in [-0.39, 0.29) is 5.76 Å². The van der Waals surface area contributed by atoms with E-state index >= 15 is 0 Å². The average molecular weight is 313 g/mol. The molecule has 0 radical (unpaired) electrons. The van der Waals surface area contributed by atoms with E-state index in [2.05, 4.69) is 29.1 Å². The van der Waals surface area contributed by atoms with E-state index < -0.39 is 5.97 Å². The van der Waals surface area contributed by atoms with Gasteiger partial charge in [-0.2, -0.15) is 0 Å². The summed E-state index contributed by atoms with van der Waals surface area (Å²) >= 11 is 0. The molecule has 1 N–H and O–H groups in total. The maximum Gasteiger partial charge on any atom is 0.374 e. The van der Waals surface area contributed by atoms with Crippen LogP contribution in [-0.4, -0.2) is 34.3 Å². The van der Waals surface area contributed by atoms with Gasteiger partial charge in [-0.25, -0.2) is 9.78 Å². The van der Waals surface area contributed by atoms with Crippen molar-refractivity contribution in [3.63, 3.8) is 0 Å². The molecule has 6 nitrogen and oxygen atoms in total. The molecule has 2 aliphatic rings. The molecule has 0 amide bonds. The van der Waals surface area contributed by atoms with Crippen molar-refractivity contribution in [2.24, 2.45) is 11.8 Å². The second kappa shape index (κ2) is 5.37. The number of hydrogen-bond donors (Lipinski definition) is 1. The summed E-state index contributed by atoms with van der Waals surface area (Å²) in [5.41, 5.74) is 2.74. The van der Waals surface area contributed by atoms with E-state index in [4.69, 9.17) is 14.6 Å². The summed E-state index contributed by atoms with van der Waals surface area (Å²) in [6.07, 6.45) is 2.76. The number of carbonyl (C=O) groups is 1. The number of carboxylic acid groups (broad SMARTS) is 1. The molecule has 1 saturated heterocycles. The molecule has 2 unspecified atom stereocenters. The lowest BCUT2D eigenvalue weighted by Crippen LogP contribution is -2.23. The van der Waals surface area contributed by atoms with Crippen molar-refractivity contribution in [2.45, 2.75) is 26.2 Å². The fourth-order valence-electron chi connectivity index (χ4n) is 3.44. The first-order chi connectivity index (χ1) is 11.1. The Bertz CT molecular complexity index is 745. The first-order valence-corrected chi connectivity index (χ1v) is 8.06. The SMILES string of the molecule is CCc1nc(N2CC3CC3C2)ccc1Cc1cc(C(=O)O)on1. The highest BCUT2D eigenvalue weighted by molar-refractivity contribution is 5.84. The van der Waals surface area contributed by atoms with Gasteiger partial charge in [-0.15, -0.1) is 0 Å². The predicted octanol–water partition coefficient (Wildman–Crippen LogP) is 2.38. The summed E-state index contributed by atoms with van der Waals surface area (Å²) < 4.78 is 4.82. The van der Waals surface area contributed by atoms with Gasteiger partial charge in [-0.3, -0.25) is 0 Å². The van der Waals surface area contributed by atoms with Crippen LogP contribution in [0.25, 0.3) is 0 Å². The summed E-state index contributed by atoms with van der Waals surface area (Å²) in [5, 5.41) is 12.7. The molecule has 1 saturated carbocycles. The summed E-state index contributed by atoms with van der Waals surface area (Å²) in [7, 11) is 0. The molecule has 3 heterocycles. The first kappa shape index (κ1) is 14.2. The Morgan fingerprint density at radius 3 is 2.83 bits per heavy atom. The highest BCUT2D eigenvalue weighted by Crippen LogP contribution is 2.46. The van der Waals surface area contributed by atoms with Crippen LogP contribution in [-0.2, 0) is 12.8 Å². The Morgan fingerprint density at radius 1 is 1.39 bits per heavy atom. The molecule has 2 fully saturated rings. The third kappa shape index (κ3) is 2.69. The third-order valence-corrected chi connectivity index (χ3v) is 4.83. The largest absolute Gasteiger partial charge is 0.475 e. The number of aryl methyl sites for hydroxylation is 1. The lowest BCUT2D eigenvalue weighted by molar-refractivity contribution is 0.0652. The van der Waals surface area contributed by atoms with Gasteiger partial charge in [0.25, 0.3) is 0 Å². The normalized spacial score (nSPS) is 22.2. The highest BCUT2D eigenvalue weighted by Gasteiger charge is 2.45. The van der Waals surface area contributed by atoms with Gasteiger partial charge in [-0.05, 0) is 36.3 Å². The van der Waals surface area contributed by atoms with Gasteiger partial charge in [-0.1, -0.05) is 18.1 Å². The van der Waals surface area contributed by atoms with Crippen molar-refractivity contribution in [2.75, 3.05) is 18.0 Å². The van der Waals surface area contributed by atoms with Crippen molar-refractivity contribution < 1.29 is 14.4 Å². The van der Waals surface area contributed by atoms with E-state index in [1.807, 2.05) is 0 Å². The number of rotatable bonds is 5. The molecule has 1 aliphatic carbocycles. The molecule has 2 aromatic heterocycles. The number of piperidine rings is 1. The molecule has 0 aromatic carbocycles. The molecule has 6 heteroatoms. The van der Waals surface area contributed by atoms with Gasteiger partial charge >= 0.3 is 5.97 Å². The minimum absolute atomic E-state index is 0.126. The van der Waals surface area contributed by atoms with Gasteiger partial charge in [0.05, 0.1) is 5.69 Å². The zero-order valence-corrected chi connectivity index (χ0v) is 13.0. The Kier molecular flexibility index (Phi) is 3.32. The van der Waals surface area contributed by atoms with Crippen LogP contribution in [0, 0.1) is 11.8 Å². The fraction of sp³-hybridized carbons (Fsp3) is 0.471. The monoisotopic (exact) mass is 313 g/mol. The summed E-state index contributed by atoms with van der Waals surface area (Å²) in [4.78, 5) is 18.1. The first-order valence-electron chi connectivity index (χ1n) is 8.06. The summed E-state index contributed by atoms with van der Waals surface area (Å²) in [6.45, 7) is 4.35. The molecule has 0 spiro atoms. The standard InChI is InChI=1S/C17H19N3O3/c1-2-14-10(6-13-7-15(17(21)22)23-19-13)3-4-16(18-14)20-8-11-5-12(11)9-20/h3-4,7,11-12H,2,5-6,8-9H2,1H3,(H,21,22). The lowest BCUT2D eigenvalue weighted by Gasteiger charge is -2.20. The maximum atomic E-state index is 10.9. The summed E-state index contributed by atoms with van der Waals surface area (Å²) in [6, 6.07) is 5.63. The summed E-state index contributed by atoms with van der Waals surface area (Å²) in [5.74, 6) is 1.60. The highest BCUT2D eigenvalue weighted by atomic mass is 16.5. The van der Waals surface area contributed by atoms with E-state index in [1.165, 1.54) is 12.5 Å². The predicted molar refractivity (Wildman–Crippen MR) is 83.7 cm³/mol. The molecule has 4 rings (SSSR count). The van der Waals surface area contributed by atoms with Crippen LogP contribution in [0.2, 0.25) is 0 Å². The Labute approximate surface area is 134 Å². The van der Waals surface area contributed by atoms with Crippen molar-refractivity contribution in [3.8, 4) is 0 Å². The molecule has 2 atom stereocenters. The minimum atomic E-state index is -1.10. The number of anilines is 1. The number of aromatic carboxylic acids is 1. The third-order valence-electron chi connectivity index (χ3n) is 4.83. The number of pyridine rings is 1. The zero-order chi connectivity index (χ0) is 16.0. The van der Waals surface area contributed by atoms with Crippen molar-refractivity contribution in [3.05, 3.63) is 40.9 Å². The van der Waals surface area contributed by atoms with Crippen LogP contribution < -0.4 is 4.90 Å². The number of fused-ring (bicyclic) bond motifs is 1. The smallest absolute Gasteiger partial charge is 0.374 e. The van der Waals surface area contributed by atoms with Crippen LogP contribution in [0.5, 0.6) is 0 Å². The van der Waals surface area contributed by atoms with Crippen LogP contribution in [0.3, 0.4) is 0 Å². The molecule has 23 heavy (non-hydrogen) atoms. The van der Waals surface area contributed by atoms with Crippen molar-refractivity contribution >= 4 is 11.8 Å². The van der Waals surface area contributed by atoms with Crippen LogP contribution in [0.1, 0.15) is 40.9 Å². The second-order valence-corrected chi connectivity index (χ2v) is 6.45. The van der Waals surface area contributed by atoms with E-state index in [9.17, 15) is 4.79 Å². The molecular formula is C17H19N3O3. The van der Waals surface area contributed by atoms with Gasteiger partial charge in [0.15, 0.2) is 0 Å². The second-order valence-electron chi connectivity index (χ2n) is 6.45. The van der Waals surface area contributed by atoms with Gasteiger partial charge in [0.2, 0.25) is 5.76 Å². The topological polar surface area (TPSA) is 79.5 Å². The van der Waals surface area contributed by atoms with Crippen LogP contribution >= 0.6 is 0 Å². The fourth-order valence-corrected chi connectivity index (χ4v) is 3.44. The van der Waals surface area contributed by atoms with Gasteiger partial charge < -0.3 is 14.5 Å². The van der Waals surface area contributed by atoms with E-state index in [0.29, 0.717) is 12.1 Å². The maximum absolute atomic E-state index is 10.9. The minimum Gasteiger partial charge on any atom is -0.475 e. The van der Waals surface area contributed by atoms with E-state index in [0.717, 1.165) is 48.4 Å². The van der Waals surface area contributed by atoms with Gasteiger partial charge in [0, 0.05) is 31.3 Å². The van der Waals surface area contributed by atoms with Crippen molar-refractivity contribution in [1.82, 2.24) is 10.1 Å². The molecule has 120 valence electrons. The Morgan fingerprint density at radius 2 is 2.17 bits per heavy atom. The van der Waals surface area contributed by atoms with E-state index in [1.54, 1.807) is 0 Å². The average Bonchev–Trinajstić information content (AvgIpc) is 2.97. The number of aromatic nitrogens is 2. The van der Waals surface area contributed by atoms with Crippen LogP contribution in [0.4, 0.5) is 5.82 Å². The molecular weight excluding hydrogens is 294 g/mol. The zero-order valence-electron chi connectivity index (χ0n) is 13.0. The van der Waals surface area contributed by atoms with Gasteiger partial charge in [0.1, 0.15) is 5.82 Å². The number of carboxylic acids is 1. The number of hydrogen-bond acceptors (Lipinski definition) is 5. The quantitative estimate of drug-likeness (QED) is 0.913. The van der Waals surface area contributed by atoms with Crippen molar-refractivity contribution in [1.29, 1.82) is 0 Å². The number of nitrogens with zero attached hydrogens (tertiary/aromatic N) is 3.